The minimum absolute atomic E-state index is 0.538. The molecular weight excluding hydrogens is 284 g/mol. The smallest absolute Gasteiger partial charge is 0.137 e. The van der Waals surface area contributed by atoms with Crippen molar-refractivity contribution in [3.63, 3.8) is 0 Å². The molecule has 0 fully saturated rings. The molecule has 2 aromatic rings. The summed E-state index contributed by atoms with van der Waals surface area (Å²) in [5.41, 5.74) is 2.22. The predicted molar refractivity (Wildman–Crippen MR) is 89.2 cm³/mol. The molecule has 0 saturated heterocycles. The van der Waals surface area contributed by atoms with Gasteiger partial charge in [0.15, 0.2) is 0 Å². The lowest BCUT2D eigenvalue weighted by Crippen LogP contribution is -2.21. The van der Waals surface area contributed by atoms with Crippen LogP contribution in [-0.4, -0.2) is 30.1 Å². The maximum absolute atomic E-state index is 6.07. The second kappa shape index (κ2) is 7.84. The van der Waals surface area contributed by atoms with Crippen molar-refractivity contribution < 1.29 is 0 Å². The third-order valence-electron chi connectivity index (χ3n) is 3.41. The van der Waals surface area contributed by atoms with Crippen molar-refractivity contribution in [2.75, 3.05) is 30.4 Å². The van der Waals surface area contributed by atoms with Gasteiger partial charge in [-0.3, -0.25) is 0 Å². The van der Waals surface area contributed by atoms with Crippen LogP contribution in [0, 0.1) is 0 Å². The minimum Gasteiger partial charge on any atom is -0.375 e. The summed E-state index contributed by atoms with van der Waals surface area (Å²) >= 11 is 6.07. The van der Waals surface area contributed by atoms with Gasteiger partial charge >= 0.3 is 0 Å². The Morgan fingerprint density at radius 3 is 2.67 bits per heavy atom. The van der Waals surface area contributed by atoms with Gasteiger partial charge < -0.3 is 10.2 Å². The van der Waals surface area contributed by atoms with E-state index in [4.69, 9.17) is 11.6 Å². The topological polar surface area (TPSA) is 41.1 Å². The third kappa shape index (κ3) is 4.33. The Kier molecular flexibility index (Phi) is 5.81. The summed E-state index contributed by atoms with van der Waals surface area (Å²) in [5, 5.41) is 3.89. The quantitative estimate of drug-likeness (QED) is 0.626. The summed E-state index contributed by atoms with van der Waals surface area (Å²) < 4.78 is 0. The molecule has 4 nitrogen and oxygen atoms in total. The number of halogens is 1. The molecule has 1 heterocycles. The van der Waals surface area contributed by atoms with Crippen LogP contribution in [0.5, 0.6) is 0 Å². The molecule has 0 spiro atoms. The molecule has 112 valence electrons. The molecule has 0 atom stereocenters. The molecule has 0 aliphatic carbocycles. The summed E-state index contributed by atoms with van der Waals surface area (Å²) in [5.74, 6) is 0.847. The van der Waals surface area contributed by atoms with Gasteiger partial charge in [-0.25, -0.2) is 9.97 Å². The van der Waals surface area contributed by atoms with E-state index in [1.54, 1.807) is 0 Å². The molecule has 0 radical (unpaired) electrons. The van der Waals surface area contributed by atoms with Gasteiger partial charge in [-0.05, 0) is 25.0 Å². The molecule has 1 N–H and O–H groups in total. The molecule has 0 amide bonds. The van der Waals surface area contributed by atoms with Crippen molar-refractivity contribution in [3.05, 3.63) is 47.4 Å². The van der Waals surface area contributed by atoms with Crippen LogP contribution in [0.3, 0.4) is 0 Å². The fourth-order valence-electron chi connectivity index (χ4n) is 2.19. The van der Waals surface area contributed by atoms with Crippen molar-refractivity contribution in [1.82, 2.24) is 9.97 Å². The van der Waals surface area contributed by atoms with Crippen LogP contribution in [0.1, 0.15) is 18.9 Å². The number of hydrogen-bond donors (Lipinski definition) is 1. The Balaban J connectivity index is 1.81. The Labute approximate surface area is 131 Å². The maximum atomic E-state index is 6.07. The number of rotatable bonds is 7. The molecule has 0 bridgehead atoms. The Bertz CT molecular complexity index is 559. The lowest BCUT2D eigenvalue weighted by atomic mass is 10.2. The van der Waals surface area contributed by atoms with Crippen molar-refractivity contribution >= 4 is 23.1 Å². The largest absolute Gasteiger partial charge is 0.375 e. The molecule has 0 aliphatic rings. The lowest BCUT2D eigenvalue weighted by Gasteiger charge is -2.19. The summed E-state index contributed by atoms with van der Waals surface area (Å²) in [6, 6.07) is 10.4. The van der Waals surface area contributed by atoms with Gasteiger partial charge in [0.25, 0.3) is 0 Å². The first-order valence-corrected chi connectivity index (χ1v) is 7.59. The van der Waals surface area contributed by atoms with Crippen LogP contribution in [0.2, 0.25) is 5.15 Å². The molecule has 2 rings (SSSR count). The second-order valence-electron chi connectivity index (χ2n) is 4.88. The van der Waals surface area contributed by atoms with Gasteiger partial charge in [0.05, 0.1) is 0 Å². The number of benzene rings is 1. The van der Waals surface area contributed by atoms with E-state index in [0.29, 0.717) is 5.15 Å². The first kappa shape index (κ1) is 15.6. The Morgan fingerprint density at radius 2 is 1.95 bits per heavy atom. The SMILES string of the molecule is CCc1c(Cl)ncnc1NCCCN(C)c1ccccc1. The van der Waals surface area contributed by atoms with Crippen LogP contribution in [0.15, 0.2) is 36.7 Å². The van der Waals surface area contributed by atoms with Gasteiger partial charge in [-0.15, -0.1) is 0 Å². The van der Waals surface area contributed by atoms with E-state index in [1.807, 2.05) is 6.07 Å². The van der Waals surface area contributed by atoms with Gasteiger partial charge in [-0.1, -0.05) is 36.7 Å². The van der Waals surface area contributed by atoms with E-state index in [-0.39, 0.29) is 0 Å². The zero-order valence-corrected chi connectivity index (χ0v) is 13.3. The number of hydrogen-bond acceptors (Lipinski definition) is 4. The maximum Gasteiger partial charge on any atom is 0.137 e. The number of para-hydroxylation sites is 1. The van der Waals surface area contributed by atoms with Crippen LogP contribution in [0.4, 0.5) is 11.5 Å². The van der Waals surface area contributed by atoms with Crippen LogP contribution >= 0.6 is 11.6 Å². The molecular formula is C16H21ClN4. The van der Waals surface area contributed by atoms with E-state index in [9.17, 15) is 0 Å². The highest BCUT2D eigenvalue weighted by molar-refractivity contribution is 6.30. The fraction of sp³-hybridized carbons (Fsp3) is 0.375. The number of nitrogens with zero attached hydrogens (tertiary/aromatic N) is 3. The Hall–Kier alpha value is -1.81. The first-order valence-electron chi connectivity index (χ1n) is 7.21. The fourth-order valence-corrected chi connectivity index (χ4v) is 2.46. The molecule has 1 aromatic carbocycles. The standard InChI is InChI=1S/C16H21ClN4/c1-3-14-15(17)19-12-20-16(14)18-10-7-11-21(2)13-8-5-4-6-9-13/h4-6,8-9,12H,3,7,10-11H2,1-2H3,(H,18,19,20). The normalized spacial score (nSPS) is 10.4. The summed E-state index contributed by atoms with van der Waals surface area (Å²) in [6.07, 6.45) is 3.35. The van der Waals surface area contributed by atoms with Crippen molar-refractivity contribution in [3.8, 4) is 0 Å². The van der Waals surface area contributed by atoms with E-state index < -0.39 is 0 Å². The molecule has 1 aromatic heterocycles. The zero-order valence-electron chi connectivity index (χ0n) is 12.5. The molecule has 21 heavy (non-hydrogen) atoms. The summed E-state index contributed by atoms with van der Waals surface area (Å²) in [4.78, 5) is 10.5. The number of nitrogens with one attached hydrogen (secondary N) is 1. The van der Waals surface area contributed by atoms with Crippen LogP contribution in [-0.2, 0) is 6.42 Å². The van der Waals surface area contributed by atoms with Gasteiger partial charge in [0.2, 0.25) is 0 Å². The molecule has 0 unspecified atom stereocenters. The van der Waals surface area contributed by atoms with Gasteiger partial charge in [0, 0.05) is 31.4 Å². The van der Waals surface area contributed by atoms with Gasteiger partial charge in [0.1, 0.15) is 17.3 Å². The van der Waals surface area contributed by atoms with E-state index in [1.165, 1.54) is 12.0 Å². The average molecular weight is 305 g/mol. The lowest BCUT2D eigenvalue weighted by molar-refractivity contribution is 0.812. The number of aromatic nitrogens is 2. The monoisotopic (exact) mass is 304 g/mol. The van der Waals surface area contributed by atoms with E-state index in [2.05, 4.69) is 58.4 Å². The highest BCUT2D eigenvalue weighted by atomic mass is 35.5. The van der Waals surface area contributed by atoms with Crippen LogP contribution in [0.25, 0.3) is 0 Å². The second-order valence-corrected chi connectivity index (χ2v) is 5.24. The molecule has 0 saturated carbocycles. The minimum atomic E-state index is 0.538. The molecule has 5 heteroatoms. The van der Waals surface area contributed by atoms with Gasteiger partial charge in [-0.2, -0.15) is 0 Å². The van der Waals surface area contributed by atoms with Crippen LogP contribution < -0.4 is 10.2 Å². The van der Waals surface area contributed by atoms with E-state index in [0.717, 1.165) is 37.3 Å². The zero-order chi connectivity index (χ0) is 15.1. The average Bonchev–Trinajstić information content (AvgIpc) is 2.52. The summed E-state index contributed by atoms with van der Waals surface area (Å²) in [7, 11) is 2.11. The van der Waals surface area contributed by atoms with Crippen molar-refractivity contribution in [1.29, 1.82) is 0 Å². The van der Waals surface area contributed by atoms with E-state index >= 15 is 0 Å². The summed E-state index contributed by atoms with van der Waals surface area (Å²) in [6.45, 7) is 3.90. The predicted octanol–water partition coefficient (Wildman–Crippen LogP) is 3.63. The van der Waals surface area contributed by atoms with Crippen molar-refractivity contribution in [2.24, 2.45) is 0 Å². The molecule has 0 aliphatic heterocycles. The van der Waals surface area contributed by atoms with Crippen molar-refractivity contribution in [2.45, 2.75) is 19.8 Å². The highest BCUT2D eigenvalue weighted by Gasteiger charge is 2.07. The number of anilines is 2. The first-order chi connectivity index (χ1) is 10.2. The Morgan fingerprint density at radius 1 is 1.19 bits per heavy atom. The highest BCUT2D eigenvalue weighted by Crippen LogP contribution is 2.20. The third-order valence-corrected chi connectivity index (χ3v) is 3.73.